The average Bonchev–Trinajstić information content (AvgIpc) is 3.43. The maximum Gasteiger partial charge on any atom is 0.229 e. The number of amides is 1. The van der Waals surface area contributed by atoms with E-state index in [0.717, 1.165) is 42.7 Å². The fraction of sp³-hybridized carbons (Fsp3) is 0.435. The Morgan fingerprint density at radius 3 is 2.71 bits per heavy atom. The molecule has 2 aliphatic heterocycles. The van der Waals surface area contributed by atoms with Gasteiger partial charge in [-0.3, -0.25) is 4.79 Å². The lowest BCUT2D eigenvalue weighted by Gasteiger charge is -2.19. The van der Waals surface area contributed by atoms with Crippen LogP contribution in [0.4, 0.5) is 11.5 Å². The summed E-state index contributed by atoms with van der Waals surface area (Å²) in [7, 11) is 0. The highest BCUT2D eigenvalue weighted by molar-refractivity contribution is 14.0. The van der Waals surface area contributed by atoms with Gasteiger partial charge in [0.15, 0.2) is 5.96 Å². The summed E-state index contributed by atoms with van der Waals surface area (Å²) < 4.78 is 0. The van der Waals surface area contributed by atoms with Crippen molar-refractivity contribution in [2.24, 2.45) is 4.99 Å². The van der Waals surface area contributed by atoms with Gasteiger partial charge in [0.25, 0.3) is 0 Å². The Morgan fingerprint density at radius 2 is 1.97 bits per heavy atom. The molecule has 2 N–H and O–H groups in total. The monoisotopic (exact) mass is 534 g/mol. The standard InChI is InChI=1S/C23H30N6O.HI/c1-2-24-23(26-16-18-10-11-25-21(14-18)28-12-6-7-13-28)27-19-15-22(30)29(17-19)20-8-4-3-5-9-20;/h3-5,8-11,14,19H,2,6-7,12-13,15-17H2,1H3,(H2,24,26,27);1H. The number of nitrogens with one attached hydrogen (secondary N) is 2. The van der Waals surface area contributed by atoms with E-state index in [1.54, 1.807) is 0 Å². The summed E-state index contributed by atoms with van der Waals surface area (Å²) in [6.45, 7) is 6.19. The first-order valence-electron chi connectivity index (χ1n) is 10.8. The smallest absolute Gasteiger partial charge is 0.229 e. The summed E-state index contributed by atoms with van der Waals surface area (Å²) in [6, 6.07) is 14.0. The SMILES string of the molecule is CCNC(=NCc1ccnc(N2CCCC2)c1)NC1CC(=O)N(c2ccccc2)C1.I. The van der Waals surface area contributed by atoms with Crippen LogP contribution in [0.3, 0.4) is 0 Å². The highest BCUT2D eigenvalue weighted by Crippen LogP contribution is 2.21. The van der Waals surface area contributed by atoms with Gasteiger partial charge in [-0.2, -0.15) is 0 Å². The summed E-state index contributed by atoms with van der Waals surface area (Å²) in [5.41, 5.74) is 2.08. The minimum absolute atomic E-state index is 0. The van der Waals surface area contributed by atoms with Gasteiger partial charge in [0.05, 0.1) is 12.6 Å². The van der Waals surface area contributed by atoms with Crippen molar-refractivity contribution in [1.29, 1.82) is 0 Å². The fourth-order valence-corrected chi connectivity index (χ4v) is 4.02. The number of guanidine groups is 1. The van der Waals surface area contributed by atoms with Crippen molar-refractivity contribution in [2.45, 2.75) is 38.8 Å². The van der Waals surface area contributed by atoms with Crippen LogP contribution in [-0.4, -0.2) is 49.1 Å². The number of hydrogen-bond donors (Lipinski definition) is 2. The molecule has 4 rings (SSSR count). The van der Waals surface area contributed by atoms with Crippen molar-refractivity contribution in [3.8, 4) is 0 Å². The molecule has 1 aromatic heterocycles. The molecular formula is C23H31IN6O. The van der Waals surface area contributed by atoms with Gasteiger partial charge in [-0.15, -0.1) is 24.0 Å². The number of aromatic nitrogens is 1. The van der Waals surface area contributed by atoms with E-state index in [1.165, 1.54) is 12.8 Å². The number of aliphatic imine (C=N–C) groups is 1. The third-order valence-electron chi connectivity index (χ3n) is 5.54. The van der Waals surface area contributed by atoms with Gasteiger partial charge in [0.2, 0.25) is 5.91 Å². The number of carbonyl (C=O) groups is 1. The third-order valence-corrected chi connectivity index (χ3v) is 5.54. The van der Waals surface area contributed by atoms with E-state index >= 15 is 0 Å². The van der Waals surface area contributed by atoms with Crippen LogP contribution in [0.25, 0.3) is 0 Å². The average molecular weight is 534 g/mol. The molecule has 0 radical (unpaired) electrons. The normalized spacial score (nSPS) is 18.8. The third kappa shape index (κ3) is 6.09. The number of pyridine rings is 1. The number of carbonyl (C=O) groups excluding carboxylic acids is 1. The lowest BCUT2D eigenvalue weighted by molar-refractivity contribution is -0.117. The number of nitrogens with zero attached hydrogens (tertiary/aromatic N) is 4. The number of para-hydroxylation sites is 1. The first-order chi connectivity index (χ1) is 14.7. The molecular weight excluding hydrogens is 503 g/mol. The largest absolute Gasteiger partial charge is 0.357 e. The van der Waals surface area contributed by atoms with Crippen LogP contribution in [0.5, 0.6) is 0 Å². The molecule has 7 nitrogen and oxygen atoms in total. The van der Waals surface area contributed by atoms with Crippen LogP contribution in [0.15, 0.2) is 53.7 Å². The molecule has 0 saturated carbocycles. The summed E-state index contributed by atoms with van der Waals surface area (Å²) in [4.78, 5) is 25.9. The minimum atomic E-state index is 0. The van der Waals surface area contributed by atoms with Crippen LogP contribution >= 0.6 is 24.0 Å². The lowest BCUT2D eigenvalue weighted by atomic mass is 10.2. The minimum Gasteiger partial charge on any atom is -0.357 e. The fourth-order valence-electron chi connectivity index (χ4n) is 4.02. The van der Waals surface area contributed by atoms with Gasteiger partial charge >= 0.3 is 0 Å². The molecule has 1 unspecified atom stereocenters. The molecule has 0 bridgehead atoms. The summed E-state index contributed by atoms with van der Waals surface area (Å²) in [6.07, 6.45) is 4.80. The van der Waals surface area contributed by atoms with Crippen molar-refractivity contribution < 1.29 is 4.79 Å². The first-order valence-corrected chi connectivity index (χ1v) is 10.8. The van der Waals surface area contributed by atoms with E-state index in [0.29, 0.717) is 19.5 Å². The molecule has 2 fully saturated rings. The Hall–Kier alpha value is -2.36. The molecule has 3 heterocycles. The Kier molecular flexibility index (Phi) is 8.51. The zero-order valence-corrected chi connectivity index (χ0v) is 20.3. The maximum atomic E-state index is 12.5. The van der Waals surface area contributed by atoms with Crippen molar-refractivity contribution in [1.82, 2.24) is 15.6 Å². The summed E-state index contributed by atoms with van der Waals surface area (Å²) in [5, 5.41) is 6.74. The second-order valence-corrected chi connectivity index (χ2v) is 7.80. The Labute approximate surface area is 201 Å². The van der Waals surface area contributed by atoms with E-state index in [1.807, 2.05) is 54.4 Å². The van der Waals surface area contributed by atoms with Gasteiger partial charge in [0, 0.05) is 44.5 Å². The van der Waals surface area contributed by atoms with Gasteiger partial charge in [-0.25, -0.2) is 9.98 Å². The molecule has 8 heteroatoms. The van der Waals surface area contributed by atoms with Gasteiger partial charge in [0.1, 0.15) is 5.82 Å². The quantitative estimate of drug-likeness (QED) is 0.339. The predicted molar refractivity (Wildman–Crippen MR) is 136 cm³/mol. The predicted octanol–water partition coefficient (Wildman–Crippen LogP) is 3.16. The number of benzene rings is 1. The molecule has 166 valence electrons. The van der Waals surface area contributed by atoms with E-state index in [2.05, 4.69) is 26.6 Å². The van der Waals surface area contributed by atoms with E-state index in [9.17, 15) is 4.79 Å². The Bertz CT molecular complexity index is 885. The molecule has 1 amide bonds. The van der Waals surface area contributed by atoms with Crippen molar-refractivity contribution in [3.63, 3.8) is 0 Å². The Morgan fingerprint density at radius 1 is 1.19 bits per heavy atom. The molecule has 1 aromatic carbocycles. The van der Waals surface area contributed by atoms with Crippen LogP contribution in [0, 0.1) is 0 Å². The Balaban J connectivity index is 0.00000272. The van der Waals surface area contributed by atoms with E-state index < -0.39 is 0 Å². The molecule has 2 saturated heterocycles. The number of halogens is 1. The molecule has 1 atom stereocenters. The van der Waals surface area contributed by atoms with Crippen molar-refractivity contribution in [3.05, 3.63) is 54.2 Å². The highest BCUT2D eigenvalue weighted by atomic mass is 127. The lowest BCUT2D eigenvalue weighted by Crippen LogP contribution is -2.44. The highest BCUT2D eigenvalue weighted by Gasteiger charge is 2.31. The van der Waals surface area contributed by atoms with E-state index in [-0.39, 0.29) is 35.9 Å². The number of hydrogen-bond acceptors (Lipinski definition) is 4. The van der Waals surface area contributed by atoms with Crippen molar-refractivity contribution >= 4 is 47.3 Å². The van der Waals surface area contributed by atoms with Crippen LogP contribution in [-0.2, 0) is 11.3 Å². The first kappa shape index (κ1) is 23.3. The van der Waals surface area contributed by atoms with Gasteiger partial charge < -0.3 is 20.4 Å². The second kappa shape index (κ2) is 11.3. The zero-order valence-electron chi connectivity index (χ0n) is 18.0. The van der Waals surface area contributed by atoms with Crippen LogP contribution in [0.1, 0.15) is 31.7 Å². The van der Waals surface area contributed by atoms with Crippen LogP contribution < -0.4 is 20.4 Å². The number of rotatable bonds is 6. The summed E-state index contributed by atoms with van der Waals surface area (Å²) in [5.74, 6) is 1.92. The maximum absolute atomic E-state index is 12.5. The van der Waals surface area contributed by atoms with E-state index in [4.69, 9.17) is 4.99 Å². The van der Waals surface area contributed by atoms with Gasteiger partial charge in [-0.1, -0.05) is 18.2 Å². The zero-order chi connectivity index (χ0) is 20.8. The second-order valence-electron chi connectivity index (χ2n) is 7.80. The molecule has 2 aromatic rings. The molecule has 2 aliphatic rings. The molecule has 31 heavy (non-hydrogen) atoms. The molecule has 0 aliphatic carbocycles. The number of anilines is 2. The van der Waals surface area contributed by atoms with Gasteiger partial charge in [-0.05, 0) is 49.6 Å². The van der Waals surface area contributed by atoms with Crippen molar-refractivity contribution in [2.75, 3.05) is 36.0 Å². The topological polar surface area (TPSA) is 72.9 Å². The van der Waals surface area contributed by atoms with Crippen LogP contribution in [0.2, 0.25) is 0 Å². The summed E-state index contributed by atoms with van der Waals surface area (Å²) >= 11 is 0. The molecule has 0 spiro atoms.